The van der Waals surface area contributed by atoms with Gasteiger partial charge in [0, 0.05) is 12.3 Å². The number of nitrogens with zero attached hydrogens (tertiary/aromatic N) is 3. The Kier molecular flexibility index (Phi) is 3.55. The lowest BCUT2D eigenvalue weighted by molar-refractivity contribution is -0.384. The van der Waals surface area contributed by atoms with Crippen LogP contribution < -0.4 is 0 Å². The molecule has 0 fully saturated rings. The van der Waals surface area contributed by atoms with Crippen LogP contribution in [0.25, 0.3) is 5.69 Å². The molecule has 0 atom stereocenters. The van der Waals surface area contributed by atoms with Crippen LogP contribution in [0.3, 0.4) is 0 Å². The zero-order chi connectivity index (χ0) is 12.6. The van der Waals surface area contributed by atoms with Crippen LogP contribution >= 0.6 is 45.8 Å². The van der Waals surface area contributed by atoms with Crippen molar-refractivity contribution in [1.82, 2.24) is 9.78 Å². The summed E-state index contributed by atoms with van der Waals surface area (Å²) in [7, 11) is 0. The van der Waals surface area contributed by atoms with E-state index in [9.17, 15) is 10.1 Å². The first-order valence-corrected chi connectivity index (χ1v) is 6.16. The number of aromatic nitrogens is 2. The van der Waals surface area contributed by atoms with Gasteiger partial charge in [-0.25, -0.2) is 4.68 Å². The summed E-state index contributed by atoms with van der Waals surface area (Å²) in [5, 5.41) is 15.3. The normalized spacial score (nSPS) is 10.5. The molecule has 0 saturated carbocycles. The maximum Gasteiger partial charge on any atom is 0.296 e. The maximum absolute atomic E-state index is 10.9. The van der Waals surface area contributed by atoms with Gasteiger partial charge < -0.3 is 0 Å². The molecule has 17 heavy (non-hydrogen) atoms. The molecule has 0 unspecified atom stereocenters. The SMILES string of the molecule is O=[N+]([O-])c1cc(Cl)c(Cl)cc1-n1cc(I)cn1. The predicted molar refractivity (Wildman–Crippen MR) is 73.0 cm³/mol. The second-order valence-electron chi connectivity index (χ2n) is 3.12. The summed E-state index contributed by atoms with van der Waals surface area (Å²) in [5.41, 5.74) is 0.145. The van der Waals surface area contributed by atoms with Gasteiger partial charge in [0.1, 0.15) is 5.69 Å². The van der Waals surface area contributed by atoms with Crippen LogP contribution in [0.1, 0.15) is 0 Å². The van der Waals surface area contributed by atoms with Crippen LogP contribution in [0.4, 0.5) is 5.69 Å². The van der Waals surface area contributed by atoms with Gasteiger partial charge in [0.2, 0.25) is 0 Å². The van der Waals surface area contributed by atoms with Crippen molar-refractivity contribution >= 4 is 51.5 Å². The molecule has 0 spiro atoms. The fourth-order valence-corrected chi connectivity index (χ4v) is 1.99. The molecule has 2 aromatic rings. The zero-order valence-corrected chi connectivity index (χ0v) is 11.8. The summed E-state index contributed by atoms with van der Waals surface area (Å²) in [6.45, 7) is 0. The monoisotopic (exact) mass is 383 g/mol. The molecule has 0 aliphatic rings. The van der Waals surface area contributed by atoms with E-state index in [4.69, 9.17) is 23.2 Å². The van der Waals surface area contributed by atoms with Crippen LogP contribution in [0.5, 0.6) is 0 Å². The van der Waals surface area contributed by atoms with Crippen molar-refractivity contribution in [2.45, 2.75) is 0 Å². The molecule has 1 aromatic carbocycles. The summed E-state index contributed by atoms with van der Waals surface area (Å²) in [6, 6.07) is 2.64. The molecule has 88 valence electrons. The molecule has 2 rings (SSSR count). The molecule has 8 heteroatoms. The minimum atomic E-state index is -0.522. The maximum atomic E-state index is 10.9. The molecule has 0 aliphatic carbocycles. The van der Waals surface area contributed by atoms with Crippen LogP contribution in [-0.2, 0) is 0 Å². The predicted octanol–water partition coefficient (Wildman–Crippen LogP) is 3.69. The van der Waals surface area contributed by atoms with Gasteiger partial charge in [-0.3, -0.25) is 10.1 Å². The Hall–Kier alpha value is -0.860. The van der Waals surface area contributed by atoms with Gasteiger partial charge in [0.15, 0.2) is 0 Å². The third kappa shape index (κ3) is 2.53. The van der Waals surface area contributed by atoms with E-state index in [1.165, 1.54) is 16.8 Å². The number of nitro benzene ring substituents is 1. The molecule has 1 aromatic heterocycles. The molecule has 0 saturated heterocycles. The number of nitro groups is 1. The first-order valence-electron chi connectivity index (χ1n) is 4.33. The highest BCUT2D eigenvalue weighted by Crippen LogP contribution is 2.32. The smallest absolute Gasteiger partial charge is 0.258 e. The van der Waals surface area contributed by atoms with Crippen molar-refractivity contribution in [3.05, 3.63) is 48.3 Å². The molecule has 0 bridgehead atoms. The Morgan fingerprint density at radius 1 is 1.35 bits per heavy atom. The largest absolute Gasteiger partial charge is 0.296 e. The first-order chi connectivity index (χ1) is 7.99. The molecule has 0 N–H and O–H groups in total. The van der Waals surface area contributed by atoms with E-state index in [1.54, 1.807) is 12.4 Å². The van der Waals surface area contributed by atoms with Gasteiger partial charge in [-0.15, -0.1) is 0 Å². The number of rotatable bonds is 2. The van der Waals surface area contributed by atoms with Gasteiger partial charge in [-0.2, -0.15) is 5.10 Å². The summed E-state index contributed by atoms with van der Waals surface area (Å²) >= 11 is 13.7. The molecular formula is C9H4Cl2IN3O2. The molecule has 1 heterocycles. The lowest BCUT2D eigenvalue weighted by atomic mass is 10.2. The van der Waals surface area contributed by atoms with Gasteiger partial charge in [-0.05, 0) is 28.7 Å². The third-order valence-corrected chi connectivity index (χ3v) is 3.29. The lowest BCUT2D eigenvalue weighted by Crippen LogP contribution is -2.00. The number of halogens is 3. The standard InChI is InChI=1S/C9H4Cl2IN3O2/c10-6-1-8(14-4-5(12)3-13-14)9(15(16)17)2-7(6)11/h1-4H. The number of hydrogen-bond donors (Lipinski definition) is 0. The van der Waals surface area contributed by atoms with Crippen LogP contribution in [-0.4, -0.2) is 14.7 Å². The molecule has 0 aliphatic heterocycles. The highest BCUT2D eigenvalue weighted by atomic mass is 127. The number of hydrogen-bond acceptors (Lipinski definition) is 3. The Balaban J connectivity index is 2.67. The average Bonchev–Trinajstić information content (AvgIpc) is 2.68. The first kappa shape index (κ1) is 12.6. The third-order valence-electron chi connectivity index (χ3n) is 2.01. The van der Waals surface area contributed by atoms with E-state index >= 15 is 0 Å². The highest BCUT2D eigenvalue weighted by Gasteiger charge is 2.19. The Morgan fingerprint density at radius 2 is 2.00 bits per heavy atom. The fourth-order valence-electron chi connectivity index (χ4n) is 1.29. The van der Waals surface area contributed by atoms with Crippen molar-refractivity contribution in [2.75, 3.05) is 0 Å². The molecule has 0 amide bonds. The van der Waals surface area contributed by atoms with Gasteiger partial charge in [-0.1, -0.05) is 23.2 Å². The van der Waals surface area contributed by atoms with E-state index in [0.717, 1.165) is 3.57 Å². The Bertz CT molecular complexity index is 600. The van der Waals surface area contributed by atoms with Crippen molar-refractivity contribution < 1.29 is 4.92 Å². The van der Waals surface area contributed by atoms with E-state index in [0.29, 0.717) is 0 Å². The highest BCUT2D eigenvalue weighted by molar-refractivity contribution is 14.1. The van der Waals surface area contributed by atoms with E-state index in [2.05, 4.69) is 27.7 Å². The molecule has 5 nitrogen and oxygen atoms in total. The van der Waals surface area contributed by atoms with Gasteiger partial charge in [0.05, 0.1) is 24.7 Å². The Morgan fingerprint density at radius 3 is 2.53 bits per heavy atom. The summed E-state index contributed by atoms with van der Waals surface area (Å²) < 4.78 is 2.25. The van der Waals surface area contributed by atoms with Crippen LogP contribution in [0.15, 0.2) is 24.5 Å². The minimum Gasteiger partial charge on any atom is -0.258 e. The van der Waals surface area contributed by atoms with Gasteiger partial charge in [0.25, 0.3) is 5.69 Å². The summed E-state index contributed by atoms with van der Waals surface area (Å²) in [5.74, 6) is 0. The lowest BCUT2D eigenvalue weighted by Gasteiger charge is -2.04. The van der Waals surface area contributed by atoms with Crippen molar-refractivity contribution in [2.24, 2.45) is 0 Å². The minimum absolute atomic E-state index is 0.140. The second-order valence-corrected chi connectivity index (χ2v) is 5.18. The topological polar surface area (TPSA) is 61.0 Å². The van der Waals surface area contributed by atoms with Crippen molar-refractivity contribution in [3.63, 3.8) is 0 Å². The van der Waals surface area contributed by atoms with Crippen molar-refractivity contribution in [1.29, 1.82) is 0 Å². The van der Waals surface area contributed by atoms with Crippen LogP contribution in [0.2, 0.25) is 10.0 Å². The zero-order valence-electron chi connectivity index (χ0n) is 8.10. The summed E-state index contributed by atoms with van der Waals surface area (Å²) in [6.07, 6.45) is 3.25. The summed E-state index contributed by atoms with van der Waals surface area (Å²) in [4.78, 5) is 10.4. The van der Waals surface area contributed by atoms with E-state index in [-0.39, 0.29) is 21.4 Å². The quantitative estimate of drug-likeness (QED) is 0.451. The van der Waals surface area contributed by atoms with Gasteiger partial charge >= 0.3 is 0 Å². The van der Waals surface area contributed by atoms with E-state index < -0.39 is 4.92 Å². The second kappa shape index (κ2) is 4.79. The fraction of sp³-hybridized carbons (Fsp3) is 0. The Labute approximate surface area is 120 Å². The number of benzene rings is 1. The molecule has 0 radical (unpaired) electrons. The van der Waals surface area contributed by atoms with Crippen LogP contribution in [0, 0.1) is 13.7 Å². The van der Waals surface area contributed by atoms with E-state index in [1.807, 2.05) is 0 Å². The average molecular weight is 384 g/mol. The van der Waals surface area contributed by atoms with Crippen molar-refractivity contribution in [3.8, 4) is 5.69 Å². The molecular weight excluding hydrogens is 380 g/mol.